The number of hydrogen-bond donors (Lipinski definition) is 2. The molecule has 3 nitrogen and oxygen atoms in total. The first kappa shape index (κ1) is 16.3. The van der Waals surface area contributed by atoms with E-state index in [0.29, 0.717) is 6.54 Å². The Labute approximate surface area is 121 Å². The summed E-state index contributed by atoms with van der Waals surface area (Å²) in [6.45, 7) is 11.0. The fourth-order valence-electron chi connectivity index (χ4n) is 2.07. The Morgan fingerprint density at radius 3 is 2.53 bits per heavy atom. The molecule has 0 aliphatic rings. The third kappa shape index (κ3) is 5.39. The zero-order valence-corrected chi connectivity index (χ0v) is 13.1. The molecule has 0 spiro atoms. The molecule has 4 heteroatoms. The van der Waals surface area contributed by atoms with Gasteiger partial charge in [0.1, 0.15) is 0 Å². The maximum absolute atomic E-state index is 10.0. The van der Waals surface area contributed by atoms with Gasteiger partial charge in [-0.2, -0.15) is 0 Å². The van der Waals surface area contributed by atoms with E-state index in [0.717, 1.165) is 30.3 Å². The highest BCUT2D eigenvalue weighted by atomic mass is 35.5. The number of nitrogens with zero attached hydrogens (tertiary/aromatic N) is 1. The molecule has 1 aromatic rings. The molecule has 0 atom stereocenters. The molecule has 0 saturated heterocycles. The molecule has 0 aromatic heterocycles. The monoisotopic (exact) mass is 284 g/mol. The van der Waals surface area contributed by atoms with Gasteiger partial charge in [-0.1, -0.05) is 24.6 Å². The van der Waals surface area contributed by atoms with Gasteiger partial charge in [0.25, 0.3) is 0 Å². The summed E-state index contributed by atoms with van der Waals surface area (Å²) in [5.41, 5.74) is 1.57. The van der Waals surface area contributed by atoms with E-state index in [1.165, 1.54) is 5.56 Å². The number of anilines is 1. The first-order valence-electron chi connectivity index (χ1n) is 6.84. The maximum atomic E-state index is 10.0. The summed E-state index contributed by atoms with van der Waals surface area (Å²) < 4.78 is 0. The predicted molar refractivity (Wildman–Crippen MR) is 83.0 cm³/mol. The van der Waals surface area contributed by atoms with Gasteiger partial charge in [-0.05, 0) is 45.0 Å². The quantitative estimate of drug-likeness (QED) is 0.808. The van der Waals surface area contributed by atoms with Crippen LogP contribution in [0.3, 0.4) is 0 Å². The number of benzene rings is 1. The van der Waals surface area contributed by atoms with Gasteiger partial charge in [0, 0.05) is 30.3 Å². The largest absolute Gasteiger partial charge is 0.389 e. The van der Waals surface area contributed by atoms with E-state index in [4.69, 9.17) is 11.6 Å². The lowest BCUT2D eigenvalue weighted by molar-refractivity contribution is 0.0875. The van der Waals surface area contributed by atoms with Crippen LogP contribution in [0.1, 0.15) is 33.3 Å². The summed E-state index contributed by atoms with van der Waals surface area (Å²) in [5.74, 6) is 0. The van der Waals surface area contributed by atoms with Crippen molar-refractivity contribution in [3.05, 3.63) is 28.8 Å². The minimum atomic E-state index is -0.728. The van der Waals surface area contributed by atoms with E-state index in [9.17, 15) is 5.11 Å². The second kappa shape index (κ2) is 7.13. The molecule has 0 aliphatic heterocycles. The van der Waals surface area contributed by atoms with Crippen LogP contribution in [-0.4, -0.2) is 30.3 Å². The van der Waals surface area contributed by atoms with Gasteiger partial charge in [0.15, 0.2) is 0 Å². The second-order valence-corrected chi connectivity index (χ2v) is 5.82. The fourth-order valence-corrected chi connectivity index (χ4v) is 2.24. The van der Waals surface area contributed by atoms with Gasteiger partial charge >= 0.3 is 0 Å². The molecule has 0 unspecified atom stereocenters. The smallest absolute Gasteiger partial charge is 0.0765 e. The second-order valence-electron chi connectivity index (χ2n) is 5.38. The van der Waals surface area contributed by atoms with Crippen LogP contribution < -0.4 is 10.2 Å². The average Bonchev–Trinajstić information content (AvgIpc) is 2.33. The molecule has 108 valence electrons. The van der Waals surface area contributed by atoms with Gasteiger partial charge < -0.3 is 15.3 Å². The summed E-state index contributed by atoms with van der Waals surface area (Å²) in [6.07, 6.45) is 0. The van der Waals surface area contributed by atoms with Crippen LogP contribution in [0.2, 0.25) is 5.02 Å². The fraction of sp³-hybridized carbons (Fsp3) is 0.600. The van der Waals surface area contributed by atoms with Crippen molar-refractivity contribution >= 4 is 17.3 Å². The zero-order valence-electron chi connectivity index (χ0n) is 12.3. The Morgan fingerprint density at radius 1 is 1.32 bits per heavy atom. The van der Waals surface area contributed by atoms with Gasteiger partial charge in [-0.15, -0.1) is 0 Å². The standard InChI is InChI=1S/C15H25ClN2O/c1-5-17-10-12-7-8-13(16)9-14(12)18(6-2)11-15(3,4)19/h7-9,17,19H,5-6,10-11H2,1-4H3. The molecule has 0 saturated carbocycles. The van der Waals surface area contributed by atoms with Gasteiger partial charge in [0.2, 0.25) is 0 Å². The van der Waals surface area contributed by atoms with E-state index in [1.807, 2.05) is 32.0 Å². The van der Waals surface area contributed by atoms with Crippen LogP contribution in [0.15, 0.2) is 18.2 Å². The summed E-state index contributed by atoms with van der Waals surface area (Å²) in [4.78, 5) is 2.17. The zero-order chi connectivity index (χ0) is 14.5. The lowest BCUT2D eigenvalue weighted by Crippen LogP contribution is -2.39. The molecular weight excluding hydrogens is 260 g/mol. The third-order valence-electron chi connectivity index (χ3n) is 2.91. The van der Waals surface area contributed by atoms with E-state index in [1.54, 1.807) is 0 Å². The van der Waals surface area contributed by atoms with E-state index < -0.39 is 5.60 Å². The van der Waals surface area contributed by atoms with Crippen LogP contribution in [0.5, 0.6) is 0 Å². The number of halogens is 1. The number of hydrogen-bond acceptors (Lipinski definition) is 3. The van der Waals surface area contributed by atoms with Gasteiger partial charge in [-0.3, -0.25) is 0 Å². The molecule has 1 rings (SSSR count). The van der Waals surface area contributed by atoms with Crippen LogP contribution in [0.25, 0.3) is 0 Å². The topological polar surface area (TPSA) is 35.5 Å². The van der Waals surface area contributed by atoms with Crippen LogP contribution in [0, 0.1) is 0 Å². The Bertz CT molecular complexity index is 402. The normalized spacial score (nSPS) is 11.7. The molecule has 0 amide bonds. The highest BCUT2D eigenvalue weighted by Crippen LogP contribution is 2.26. The molecular formula is C15H25ClN2O. The van der Waals surface area contributed by atoms with Gasteiger partial charge in [-0.25, -0.2) is 0 Å². The average molecular weight is 285 g/mol. The Morgan fingerprint density at radius 2 is 2.00 bits per heavy atom. The highest BCUT2D eigenvalue weighted by molar-refractivity contribution is 6.30. The van der Waals surface area contributed by atoms with Crippen molar-refractivity contribution in [2.45, 2.75) is 39.8 Å². The number of rotatable bonds is 7. The van der Waals surface area contributed by atoms with E-state index in [2.05, 4.69) is 24.1 Å². The predicted octanol–water partition coefficient (Wildman–Crippen LogP) is 3.05. The van der Waals surface area contributed by atoms with Crippen molar-refractivity contribution in [3.8, 4) is 0 Å². The van der Waals surface area contributed by atoms with Crippen molar-refractivity contribution < 1.29 is 5.11 Å². The lowest BCUT2D eigenvalue weighted by Gasteiger charge is -2.31. The van der Waals surface area contributed by atoms with E-state index in [-0.39, 0.29) is 0 Å². The molecule has 0 bridgehead atoms. The van der Waals surface area contributed by atoms with Crippen molar-refractivity contribution in [2.24, 2.45) is 0 Å². The van der Waals surface area contributed by atoms with Crippen LogP contribution in [-0.2, 0) is 6.54 Å². The first-order valence-corrected chi connectivity index (χ1v) is 7.21. The van der Waals surface area contributed by atoms with Crippen molar-refractivity contribution in [3.63, 3.8) is 0 Å². The van der Waals surface area contributed by atoms with Crippen LogP contribution >= 0.6 is 11.6 Å². The molecule has 0 aliphatic carbocycles. The third-order valence-corrected chi connectivity index (χ3v) is 3.15. The molecule has 0 fully saturated rings. The maximum Gasteiger partial charge on any atom is 0.0765 e. The minimum absolute atomic E-state index is 0.586. The van der Waals surface area contributed by atoms with Crippen molar-refractivity contribution in [2.75, 3.05) is 24.5 Å². The number of aliphatic hydroxyl groups is 1. The SMILES string of the molecule is CCNCc1ccc(Cl)cc1N(CC)CC(C)(C)O. The Balaban J connectivity index is 3.02. The van der Waals surface area contributed by atoms with Crippen LogP contribution in [0.4, 0.5) is 5.69 Å². The molecule has 2 N–H and O–H groups in total. The number of likely N-dealkylation sites (N-methyl/N-ethyl adjacent to an activating group) is 1. The minimum Gasteiger partial charge on any atom is -0.389 e. The summed E-state index contributed by atoms with van der Waals surface area (Å²) in [5, 5.41) is 14.1. The summed E-state index contributed by atoms with van der Waals surface area (Å²) in [7, 11) is 0. The lowest BCUT2D eigenvalue weighted by atomic mass is 10.1. The molecule has 0 radical (unpaired) electrons. The first-order chi connectivity index (χ1) is 8.87. The highest BCUT2D eigenvalue weighted by Gasteiger charge is 2.19. The van der Waals surface area contributed by atoms with E-state index >= 15 is 0 Å². The Kier molecular flexibility index (Phi) is 6.11. The van der Waals surface area contributed by atoms with Crippen molar-refractivity contribution in [1.29, 1.82) is 0 Å². The molecule has 1 aromatic carbocycles. The summed E-state index contributed by atoms with van der Waals surface area (Å²) in [6, 6.07) is 5.94. The van der Waals surface area contributed by atoms with Gasteiger partial charge in [0.05, 0.1) is 5.60 Å². The van der Waals surface area contributed by atoms with Crippen molar-refractivity contribution in [1.82, 2.24) is 5.32 Å². The Hall–Kier alpha value is -0.770. The summed E-state index contributed by atoms with van der Waals surface area (Å²) >= 11 is 6.11. The molecule has 19 heavy (non-hydrogen) atoms. The number of nitrogens with one attached hydrogen (secondary N) is 1. The molecule has 0 heterocycles.